The normalized spacial score (nSPS) is 18.4. The Labute approximate surface area is 119 Å². The van der Waals surface area contributed by atoms with Gasteiger partial charge in [0.1, 0.15) is 0 Å². The minimum atomic E-state index is -3.49. The van der Waals surface area contributed by atoms with E-state index in [1.165, 1.54) is 0 Å². The van der Waals surface area contributed by atoms with E-state index < -0.39 is 45.6 Å². The molecule has 0 atom stereocenters. The molecular formula is C12H13F3N2O3S. The lowest BCUT2D eigenvalue weighted by Gasteiger charge is -2.25. The highest BCUT2D eigenvalue weighted by atomic mass is 32.2. The number of hydrogen-bond donors (Lipinski definition) is 1. The SMILES string of the molecule is O=C(CN1CCCCS1(=O)=O)Nc1ccc(F)c(F)c1F. The van der Waals surface area contributed by atoms with Gasteiger partial charge < -0.3 is 5.32 Å². The molecule has 5 nitrogen and oxygen atoms in total. The standard InChI is InChI=1S/C12H13F3N2O3S/c13-8-3-4-9(12(15)11(8)14)16-10(18)7-17-5-1-2-6-21(17,19)20/h3-4H,1-2,5-7H2,(H,16,18). The van der Waals surface area contributed by atoms with Gasteiger partial charge in [-0.3, -0.25) is 4.79 Å². The van der Waals surface area contributed by atoms with Crippen LogP contribution in [0.2, 0.25) is 0 Å². The summed E-state index contributed by atoms with van der Waals surface area (Å²) in [6.45, 7) is -0.281. The number of nitrogens with one attached hydrogen (secondary N) is 1. The van der Waals surface area contributed by atoms with Crippen molar-refractivity contribution in [3.05, 3.63) is 29.6 Å². The van der Waals surface area contributed by atoms with E-state index in [1.807, 2.05) is 5.32 Å². The van der Waals surface area contributed by atoms with E-state index in [-0.39, 0.29) is 12.3 Å². The van der Waals surface area contributed by atoms with Crippen LogP contribution in [0.3, 0.4) is 0 Å². The molecule has 1 amide bonds. The zero-order chi connectivity index (χ0) is 15.6. The number of benzene rings is 1. The molecule has 1 heterocycles. The predicted octanol–water partition coefficient (Wildman–Crippen LogP) is 1.47. The average Bonchev–Trinajstić information content (AvgIpc) is 2.42. The molecule has 1 N–H and O–H groups in total. The zero-order valence-electron chi connectivity index (χ0n) is 10.9. The van der Waals surface area contributed by atoms with Gasteiger partial charge in [0, 0.05) is 6.54 Å². The first-order valence-electron chi connectivity index (χ1n) is 6.22. The first-order valence-corrected chi connectivity index (χ1v) is 7.83. The number of amides is 1. The highest BCUT2D eigenvalue weighted by Crippen LogP contribution is 2.20. The van der Waals surface area contributed by atoms with Gasteiger partial charge in [0.15, 0.2) is 17.5 Å². The van der Waals surface area contributed by atoms with Crippen LogP contribution in [0.4, 0.5) is 18.9 Å². The summed E-state index contributed by atoms with van der Waals surface area (Å²) in [6, 6.07) is 1.54. The van der Waals surface area contributed by atoms with Crippen LogP contribution in [0.25, 0.3) is 0 Å². The van der Waals surface area contributed by atoms with Crippen molar-refractivity contribution >= 4 is 21.6 Å². The van der Waals surface area contributed by atoms with Crippen LogP contribution in [0.1, 0.15) is 12.8 Å². The topological polar surface area (TPSA) is 66.5 Å². The number of anilines is 1. The van der Waals surface area contributed by atoms with Gasteiger partial charge in [0.05, 0.1) is 18.0 Å². The van der Waals surface area contributed by atoms with Gasteiger partial charge in [-0.15, -0.1) is 0 Å². The van der Waals surface area contributed by atoms with Crippen LogP contribution in [0.15, 0.2) is 12.1 Å². The molecule has 0 radical (unpaired) electrons. The first-order chi connectivity index (χ1) is 9.81. The minimum Gasteiger partial charge on any atom is -0.322 e. The van der Waals surface area contributed by atoms with Gasteiger partial charge in [-0.05, 0) is 25.0 Å². The van der Waals surface area contributed by atoms with Crippen molar-refractivity contribution in [2.75, 3.05) is 24.2 Å². The van der Waals surface area contributed by atoms with Crippen molar-refractivity contribution in [3.63, 3.8) is 0 Å². The van der Waals surface area contributed by atoms with E-state index in [2.05, 4.69) is 0 Å². The van der Waals surface area contributed by atoms with Crippen LogP contribution >= 0.6 is 0 Å². The molecule has 1 aliphatic rings. The molecule has 1 aliphatic heterocycles. The fourth-order valence-corrected chi connectivity index (χ4v) is 3.54. The number of sulfonamides is 1. The van der Waals surface area contributed by atoms with Crippen LogP contribution in [0.5, 0.6) is 0 Å². The highest BCUT2D eigenvalue weighted by Gasteiger charge is 2.28. The Morgan fingerprint density at radius 3 is 2.57 bits per heavy atom. The summed E-state index contributed by atoms with van der Waals surface area (Å²) in [5.74, 6) is -5.45. The monoisotopic (exact) mass is 322 g/mol. The first kappa shape index (κ1) is 15.8. The van der Waals surface area contributed by atoms with Gasteiger partial charge in [0.2, 0.25) is 15.9 Å². The smallest absolute Gasteiger partial charge is 0.239 e. The fraction of sp³-hybridized carbons (Fsp3) is 0.417. The highest BCUT2D eigenvalue weighted by molar-refractivity contribution is 7.89. The van der Waals surface area contributed by atoms with E-state index in [4.69, 9.17) is 0 Å². The number of nitrogens with zero attached hydrogens (tertiary/aromatic N) is 1. The van der Waals surface area contributed by atoms with Crippen LogP contribution < -0.4 is 5.32 Å². The van der Waals surface area contributed by atoms with Gasteiger partial charge in [0.25, 0.3) is 0 Å². The predicted molar refractivity (Wildman–Crippen MR) is 69.5 cm³/mol. The third-order valence-electron chi connectivity index (χ3n) is 3.08. The number of carbonyl (C=O) groups is 1. The maximum Gasteiger partial charge on any atom is 0.239 e. The largest absolute Gasteiger partial charge is 0.322 e. The van der Waals surface area contributed by atoms with E-state index >= 15 is 0 Å². The molecule has 0 saturated carbocycles. The Bertz CT molecular complexity index is 664. The quantitative estimate of drug-likeness (QED) is 0.857. The summed E-state index contributed by atoms with van der Waals surface area (Å²) in [6.07, 6.45) is 1.16. The number of rotatable bonds is 3. The van der Waals surface area contributed by atoms with Crippen LogP contribution in [0, 0.1) is 17.5 Å². The Hall–Kier alpha value is -1.61. The Morgan fingerprint density at radius 1 is 1.19 bits per heavy atom. The van der Waals surface area contributed by atoms with Crippen molar-refractivity contribution in [2.24, 2.45) is 0 Å². The molecule has 2 rings (SSSR count). The van der Waals surface area contributed by atoms with Gasteiger partial charge >= 0.3 is 0 Å². The summed E-state index contributed by atoms with van der Waals surface area (Å²) in [7, 11) is -3.49. The third-order valence-corrected chi connectivity index (χ3v) is 4.99. The summed E-state index contributed by atoms with van der Waals surface area (Å²) in [5, 5.41) is 2.04. The van der Waals surface area contributed by atoms with Gasteiger partial charge in [-0.25, -0.2) is 21.6 Å². The van der Waals surface area contributed by atoms with Crippen LogP contribution in [-0.4, -0.2) is 37.5 Å². The molecule has 0 unspecified atom stereocenters. The van der Waals surface area contributed by atoms with Gasteiger partial charge in [-0.1, -0.05) is 0 Å². The summed E-state index contributed by atoms with van der Waals surface area (Å²) in [4.78, 5) is 11.7. The summed E-state index contributed by atoms with van der Waals surface area (Å²) >= 11 is 0. The lowest BCUT2D eigenvalue weighted by atomic mass is 10.2. The molecular weight excluding hydrogens is 309 g/mol. The fourth-order valence-electron chi connectivity index (χ4n) is 1.99. The summed E-state index contributed by atoms with van der Waals surface area (Å²) < 4.78 is 63.5. The molecule has 1 fully saturated rings. The van der Waals surface area contributed by atoms with E-state index in [1.54, 1.807) is 0 Å². The molecule has 9 heteroatoms. The van der Waals surface area contributed by atoms with Crippen molar-refractivity contribution < 1.29 is 26.4 Å². The van der Waals surface area contributed by atoms with Crippen molar-refractivity contribution in [1.29, 1.82) is 0 Å². The molecule has 0 aliphatic carbocycles. The minimum absolute atomic E-state index is 0.0418. The Kier molecular flexibility index (Phi) is 4.52. The Morgan fingerprint density at radius 2 is 1.90 bits per heavy atom. The molecule has 116 valence electrons. The van der Waals surface area contributed by atoms with E-state index in [0.717, 1.165) is 10.4 Å². The second kappa shape index (κ2) is 6.02. The maximum atomic E-state index is 13.4. The van der Waals surface area contributed by atoms with Crippen LogP contribution in [-0.2, 0) is 14.8 Å². The molecule has 1 aromatic carbocycles. The maximum absolute atomic E-state index is 13.4. The van der Waals surface area contributed by atoms with E-state index in [9.17, 15) is 26.4 Å². The molecule has 1 aromatic rings. The molecule has 0 bridgehead atoms. The lowest BCUT2D eigenvalue weighted by Crippen LogP contribution is -2.42. The lowest BCUT2D eigenvalue weighted by molar-refractivity contribution is -0.116. The van der Waals surface area contributed by atoms with Crippen molar-refractivity contribution in [1.82, 2.24) is 4.31 Å². The number of halogens is 3. The Balaban J connectivity index is 2.07. The average molecular weight is 322 g/mol. The molecule has 0 aromatic heterocycles. The van der Waals surface area contributed by atoms with E-state index in [0.29, 0.717) is 18.9 Å². The molecule has 0 spiro atoms. The van der Waals surface area contributed by atoms with Gasteiger partial charge in [-0.2, -0.15) is 4.31 Å². The van der Waals surface area contributed by atoms with Crippen molar-refractivity contribution in [2.45, 2.75) is 12.8 Å². The second-order valence-electron chi connectivity index (χ2n) is 4.63. The van der Waals surface area contributed by atoms with Crippen molar-refractivity contribution in [3.8, 4) is 0 Å². The number of hydrogen-bond acceptors (Lipinski definition) is 3. The summed E-state index contributed by atoms with van der Waals surface area (Å²) in [5.41, 5.74) is -0.534. The number of carbonyl (C=O) groups excluding carboxylic acids is 1. The molecule has 21 heavy (non-hydrogen) atoms. The zero-order valence-corrected chi connectivity index (χ0v) is 11.7. The molecule has 1 saturated heterocycles. The second-order valence-corrected chi connectivity index (χ2v) is 6.72. The third kappa shape index (κ3) is 3.53.